The number of alkyl carbamates (subject to hydrolysis) is 1. The van der Waals surface area contributed by atoms with Crippen LogP contribution in [0.5, 0.6) is 0 Å². The number of hydrogen-bond acceptors (Lipinski definition) is 6. The Bertz CT molecular complexity index is 693. The van der Waals surface area contributed by atoms with Crippen LogP contribution in [-0.2, 0) is 18.9 Å². The lowest BCUT2D eigenvalue weighted by Crippen LogP contribution is -2.52. The number of carbonyl (C=O) groups excluding carboxylic acids is 2. The fourth-order valence-corrected chi connectivity index (χ4v) is 6.00. The van der Waals surface area contributed by atoms with Crippen LogP contribution in [0.2, 0.25) is 12.6 Å². The van der Waals surface area contributed by atoms with Gasteiger partial charge in [0.1, 0.15) is 12.2 Å². The summed E-state index contributed by atoms with van der Waals surface area (Å²) in [4.78, 5) is 27.0. The number of nitrogens with zero attached hydrogens (tertiary/aromatic N) is 1. The summed E-state index contributed by atoms with van der Waals surface area (Å²) in [7, 11) is 1.92. The average molecular weight is 530 g/mol. The third-order valence-corrected chi connectivity index (χ3v) is 8.06. The normalized spacial score (nSPS) is 26.9. The standard InChI is InChI=1S/C26H51N3O6Si/c1-19(13-32-15-22-16-34-22)33-14-20(2)35-24(31)27-18-26(5)12-21(11-25(3,4)17-26)28-23(30)29(6)9-8-10-36-7/h19-22H,8-18,36H2,1-7H3,(H,27,31)(H,28,30). The van der Waals surface area contributed by atoms with Crippen LogP contribution in [0.3, 0.4) is 0 Å². The van der Waals surface area contributed by atoms with E-state index in [0.29, 0.717) is 26.4 Å². The molecule has 5 unspecified atom stereocenters. The molecule has 2 aliphatic rings. The molecule has 10 heteroatoms. The van der Waals surface area contributed by atoms with Crippen molar-refractivity contribution in [3.8, 4) is 0 Å². The molecule has 3 amide bonds. The molecule has 1 saturated carbocycles. The Morgan fingerprint density at radius 2 is 1.89 bits per heavy atom. The summed E-state index contributed by atoms with van der Waals surface area (Å²) in [6, 6.07) is 1.34. The maximum absolute atomic E-state index is 12.7. The van der Waals surface area contributed by atoms with Gasteiger partial charge in [-0.2, -0.15) is 0 Å². The first-order chi connectivity index (χ1) is 16.9. The van der Waals surface area contributed by atoms with E-state index in [0.717, 1.165) is 38.8 Å². The molecule has 9 nitrogen and oxygen atoms in total. The molecule has 0 bridgehead atoms. The summed E-state index contributed by atoms with van der Waals surface area (Å²) in [5.41, 5.74) is -0.0736. The highest BCUT2D eigenvalue weighted by atomic mass is 28.2. The highest BCUT2D eigenvalue weighted by Gasteiger charge is 2.42. The molecule has 2 fully saturated rings. The predicted molar refractivity (Wildman–Crippen MR) is 144 cm³/mol. The van der Waals surface area contributed by atoms with E-state index in [2.05, 4.69) is 38.0 Å². The molecule has 0 aromatic rings. The Morgan fingerprint density at radius 1 is 1.17 bits per heavy atom. The molecule has 0 aromatic heterocycles. The first-order valence-corrected chi connectivity index (χ1v) is 16.1. The number of carbonyl (C=O) groups is 2. The Morgan fingerprint density at radius 3 is 2.56 bits per heavy atom. The van der Waals surface area contributed by atoms with Crippen molar-refractivity contribution in [2.24, 2.45) is 10.8 Å². The highest BCUT2D eigenvalue weighted by molar-refractivity contribution is 6.33. The molecule has 36 heavy (non-hydrogen) atoms. The Hall–Kier alpha value is -1.36. The van der Waals surface area contributed by atoms with Crippen LogP contribution in [0.4, 0.5) is 9.59 Å². The van der Waals surface area contributed by atoms with E-state index in [1.807, 2.05) is 20.9 Å². The largest absolute Gasteiger partial charge is 0.444 e. The Balaban J connectivity index is 1.73. The summed E-state index contributed by atoms with van der Waals surface area (Å²) in [5.74, 6) is 0. The van der Waals surface area contributed by atoms with Crippen molar-refractivity contribution in [3.63, 3.8) is 0 Å². The van der Waals surface area contributed by atoms with Gasteiger partial charge in [-0.15, -0.1) is 0 Å². The van der Waals surface area contributed by atoms with E-state index >= 15 is 0 Å². The maximum Gasteiger partial charge on any atom is 0.407 e. The minimum absolute atomic E-state index is 0.000450. The van der Waals surface area contributed by atoms with Crippen LogP contribution < -0.4 is 10.6 Å². The SMILES string of the molecule is C[SiH2]CCCN(C)C(=O)NC1CC(C)(C)CC(C)(CNC(=O)OC(C)COC(C)COCC2CO2)C1. The zero-order valence-corrected chi connectivity index (χ0v) is 25.1. The van der Waals surface area contributed by atoms with E-state index in [1.165, 1.54) is 6.04 Å². The van der Waals surface area contributed by atoms with E-state index < -0.39 is 6.09 Å². The van der Waals surface area contributed by atoms with Crippen LogP contribution in [0.15, 0.2) is 0 Å². The molecule has 0 spiro atoms. The molecular weight excluding hydrogens is 478 g/mol. The van der Waals surface area contributed by atoms with Crippen LogP contribution >= 0.6 is 0 Å². The van der Waals surface area contributed by atoms with E-state index in [9.17, 15) is 9.59 Å². The minimum Gasteiger partial charge on any atom is -0.444 e. The van der Waals surface area contributed by atoms with Crippen molar-refractivity contribution in [2.75, 3.05) is 46.6 Å². The molecule has 210 valence electrons. The molecule has 2 N–H and O–H groups in total. The number of epoxide rings is 1. The van der Waals surface area contributed by atoms with Gasteiger partial charge in [-0.25, -0.2) is 9.59 Å². The van der Waals surface area contributed by atoms with Crippen molar-refractivity contribution >= 4 is 21.6 Å². The molecule has 1 aliphatic heterocycles. The lowest BCUT2D eigenvalue weighted by atomic mass is 9.62. The van der Waals surface area contributed by atoms with Gasteiger partial charge in [-0.3, -0.25) is 0 Å². The summed E-state index contributed by atoms with van der Waals surface area (Å²) in [6.45, 7) is 16.2. The predicted octanol–water partition coefficient (Wildman–Crippen LogP) is 3.17. The fraction of sp³-hybridized carbons (Fsp3) is 0.923. The van der Waals surface area contributed by atoms with E-state index in [1.54, 1.807) is 4.90 Å². The molecule has 1 heterocycles. The zero-order valence-electron chi connectivity index (χ0n) is 23.7. The number of ether oxygens (including phenoxy) is 4. The molecule has 1 saturated heterocycles. The van der Waals surface area contributed by atoms with Gasteiger partial charge in [0, 0.05) is 35.7 Å². The molecule has 5 atom stereocenters. The van der Waals surface area contributed by atoms with Gasteiger partial charge >= 0.3 is 12.1 Å². The summed E-state index contributed by atoms with van der Waals surface area (Å²) in [5, 5.41) is 6.21. The van der Waals surface area contributed by atoms with Gasteiger partial charge in [0.25, 0.3) is 0 Å². The maximum atomic E-state index is 12.7. The van der Waals surface area contributed by atoms with Crippen LogP contribution in [-0.4, -0.2) is 97.5 Å². The third kappa shape index (κ3) is 12.3. The van der Waals surface area contributed by atoms with Gasteiger partial charge in [0.2, 0.25) is 0 Å². The second-order valence-electron chi connectivity index (χ2n) is 12.0. The Labute approximate surface area is 220 Å². The average Bonchev–Trinajstić information content (AvgIpc) is 3.59. The van der Waals surface area contributed by atoms with Crippen molar-refractivity contribution in [1.82, 2.24) is 15.5 Å². The zero-order chi connectivity index (χ0) is 26.8. The number of nitrogens with one attached hydrogen (secondary N) is 2. The van der Waals surface area contributed by atoms with Crippen LogP contribution in [0.25, 0.3) is 0 Å². The second-order valence-corrected chi connectivity index (χ2v) is 13.7. The Kier molecular flexibility index (Phi) is 12.5. The lowest BCUT2D eigenvalue weighted by molar-refractivity contribution is -0.0421. The minimum atomic E-state index is -0.440. The van der Waals surface area contributed by atoms with Crippen LogP contribution in [0, 0.1) is 10.8 Å². The van der Waals surface area contributed by atoms with Gasteiger partial charge in [-0.1, -0.05) is 33.4 Å². The fourth-order valence-electron chi connectivity index (χ4n) is 5.28. The number of hydrogen-bond donors (Lipinski definition) is 2. The molecule has 1 aliphatic carbocycles. The van der Waals surface area contributed by atoms with Crippen molar-refractivity contribution in [3.05, 3.63) is 0 Å². The number of urea groups is 1. The summed E-state index contributed by atoms with van der Waals surface area (Å²) < 4.78 is 21.9. The van der Waals surface area contributed by atoms with E-state index in [4.69, 9.17) is 18.9 Å². The monoisotopic (exact) mass is 529 g/mol. The van der Waals surface area contributed by atoms with Gasteiger partial charge < -0.3 is 34.5 Å². The van der Waals surface area contributed by atoms with Crippen molar-refractivity contribution < 1.29 is 28.5 Å². The lowest BCUT2D eigenvalue weighted by Gasteiger charge is -2.47. The summed E-state index contributed by atoms with van der Waals surface area (Å²) in [6.07, 6.45) is 3.14. The molecule has 0 aromatic carbocycles. The van der Waals surface area contributed by atoms with Crippen molar-refractivity contribution in [2.45, 2.75) is 97.2 Å². The van der Waals surface area contributed by atoms with Crippen molar-refractivity contribution in [1.29, 1.82) is 0 Å². The smallest absolute Gasteiger partial charge is 0.407 e. The van der Waals surface area contributed by atoms with Gasteiger partial charge in [-0.05, 0) is 50.4 Å². The highest BCUT2D eigenvalue weighted by Crippen LogP contribution is 2.45. The third-order valence-electron chi connectivity index (χ3n) is 6.86. The van der Waals surface area contributed by atoms with E-state index in [-0.39, 0.29) is 50.7 Å². The second kappa shape index (κ2) is 14.5. The first-order valence-electron chi connectivity index (χ1n) is 13.7. The molecule has 0 radical (unpaired) electrons. The van der Waals surface area contributed by atoms with Gasteiger partial charge in [0.05, 0.1) is 32.5 Å². The number of rotatable bonds is 15. The number of amides is 3. The molecule has 2 rings (SSSR count). The van der Waals surface area contributed by atoms with Crippen LogP contribution in [0.1, 0.15) is 60.3 Å². The molecular formula is C26H51N3O6Si. The summed E-state index contributed by atoms with van der Waals surface area (Å²) >= 11 is 0. The quantitative estimate of drug-likeness (QED) is 0.192. The van der Waals surface area contributed by atoms with Gasteiger partial charge in [0.15, 0.2) is 0 Å². The topological polar surface area (TPSA) is 102 Å². The first kappa shape index (κ1) is 30.9.